The van der Waals surface area contributed by atoms with Crippen LogP contribution in [0, 0.1) is 5.92 Å². The van der Waals surface area contributed by atoms with E-state index in [2.05, 4.69) is 22.6 Å². The largest absolute Gasteiger partial charge is 0.246 e. The molecule has 3 heteroatoms. The highest BCUT2D eigenvalue weighted by molar-refractivity contribution is 14.1. The third-order valence-electron chi connectivity index (χ3n) is 2.05. The van der Waals surface area contributed by atoms with E-state index in [1.807, 2.05) is 0 Å². The van der Waals surface area contributed by atoms with Gasteiger partial charge in [0.15, 0.2) is 0 Å². The van der Waals surface area contributed by atoms with E-state index in [9.17, 15) is 4.39 Å². The van der Waals surface area contributed by atoms with Gasteiger partial charge in [0.1, 0.15) is 6.17 Å². The fraction of sp³-hybridized carbons (Fsp3) is 1.00. The van der Waals surface area contributed by atoms with Crippen molar-refractivity contribution in [3.8, 4) is 0 Å². The molecule has 3 unspecified atom stereocenters. The summed E-state index contributed by atoms with van der Waals surface area (Å²) in [7, 11) is 0. The van der Waals surface area contributed by atoms with E-state index in [4.69, 9.17) is 11.6 Å². The van der Waals surface area contributed by atoms with Crippen molar-refractivity contribution in [3.63, 3.8) is 0 Å². The van der Waals surface area contributed by atoms with Gasteiger partial charge in [-0.15, -0.1) is 11.6 Å². The number of rotatable bonds is 1. The fourth-order valence-corrected chi connectivity index (χ4v) is 2.64. The Labute approximate surface area is 79.7 Å². The molecular weight excluding hydrogens is 265 g/mol. The molecule has 0 amide bonds. The maximum absolute atomic E-state index is 13.1. The highest BCUT2D eigenvalue weighted by Gasteiger charge is 2.30. The molecule has 0 spiro atoms. The molecule has 1 rings (SSSR count). The number of alkyl halides is 3. The van der Waals surface area contributed by atoms with E-state index in [1.54, 1.807) is 0 Å². The lowest BCUT2D eigenvalue weighted by atomic mass is 9.89. The van der Waals surface area contributed by atoms with E-state index in [1.165, 1.54) is 0 Å². The van der Waals surface area contributed by atoms with E-state index in [0.717, 1.165) is 23.7 Å². The average molecular weight is 277 g/mol. The molecule has 0 aromatic carbocycles. The predicted molar refractivity (Wildman–Crippen MR) is 50.8 cm³/mol. The van der Waals surface area contributed by atoms with E-state index >= 15 is 0 Å². The molecule has 10 heavy (non-hydrogen) atoms. The van der Waals surface area contributed by atoms with Crippen molar-refractivity contribution in [2.24, 2.45) is 5.92 Å². The lowest BCUT2D eigenvalue weighted by molar-refractivity contribution is 0.189. The first-order valence-electron chi connectivity index (χ1n) is 3.60. The maximum Gasteiger partial charge on any atom is 0.120 e. The van der Waals surface area contributed by atoms with Crippen LogP contribution in [0.15, 0.2) is 0 Å². The fourth-order valence-electron chi connectivity index (χ4n) is 1.35. The minimum absolute atomic E-state index is 0.214. The average Bonchev–Trinajstić information content (AvgIpc) is 1.95. The molecular formula is C7H11ClFI. The standard InChI is InChI=1S/C7H11ClFI/c8-6-3-1-2-5(4-10)7(6)9/h5-7H,1-4H2. The van der Waals surface area contributed by atoms with Crippen LogP contribution in [-0.4, -0.2) is 16.0 Å². The molecule has 1 aliphatic carbocycles. The minimum Gasteiger partial charge on any atom is -0.246 e. The molecule has 3 atom stereocenters. The molecule has 0 aromatic heterocycles. The Kier molecular flexibility index (Phi) is 3.70. The van der Waals surface area contributed by atoms with Crippen LogP contribution in [0.25, 0.3) is 0 Å². The van der Waals surface area contributed by atoms with Crippen LogP contribution in [-0.2, 0) is 0 Å². The van der Waals surface area contributed by atoms with E-state index < -0.39 is 6.17 Å². The molecule has 0 aromatic rings. The maximum atomic E-state index is 13.1. The van der Waals surface area contributed by atoms with Crippen LogP contribution in [0.5, 0.6) is 0 Å². The van der Waals surface area contributed by atoms with Crippen molar-refractivity contribution in [2.75, 3.05) is 4.43 Å². The molecule has 0 bridgehead atoms. The summed E-state index contributed by atoms with van der Waals surface area (Å²) in [5.74, 6) is 0.219. The van der Waals surface area contributed by atoms with Gasteiger partial charge in [-0.3, -0.25) is 0 Å². The van der Waals surface area contributed by atoms with Crippen molar-refractivity contribution in [2.45, 2.75) is 30.8 Å². The van der Waals surface area contributed by atoms with E-state index in [-0.39, 0.29) is 11.3 Å². The lowest BCUT2D eigenvalue weighted by Crippen LogP contribution is -2.31. The summed E-state index contributed by atoms with van der Waals surface area (Å²) >= 11 is 8.00. The minimum atomic E-state index is -0.757. The molecule has 1 aliphatic rings. The van der Waals surface area contributed by atoms with E-state index in [0.29, 0.717) is 0 Å². The summed E-state index contributed by atoms with van der Waals surface area (Å²) in [6.45, 7) is 0. The van der Waals surface area contributed by atoms with Gasteiger partial charge in [-0.25, -0.2) is 4.39 Å². The van der Waals surface area contributed by atoms with Crippen molar-refractivity contribution in [3.05, 3.63) is 0 Å². The zero-order valence-corrected chi connectivity index (χ0v) is 8.61. The molecule has 0 heterocycles. The highest BCUT2D eigenvalue weighted by atomic mass is 127. The SMILES string of the molecule is FC1C(Cl)CCCC1CI. The van der Waals surface area contributed by atoms with Gasteiger partial charge in [0.2, 0.25) is 0 Å². The number of hydrogen-bond donors (Lipinski definition) is 0. The van der Waals surface area contributed by atoms with Crippen molar-refractivity contribution in [1.82, 2.24) is 0 Å². The summed E-state index contributed by atoms with van der Waals surface area (Å²) in [5.41, 5.74) is 0. The van der Waals surface area contributed by atoms with Gasteiger partial charge in [-0.1, -0.05) is 29.0 Å². The summed E-state index contributed by atoms with van der Waals surface area (Å²) in [6.07, 6.45) is 2.22. The first-order chi connectivity index (χ1) is 4.75. The zero-order valence-electron chi connectivity index (χ0n) is 5.69. The van der Waals surface area contributed by atoms with Gasteiger partial charge in [0.25, 0.3) is 0 Å². The monoisotopic (exact) mass is 276 g/mol. The first-order valence-corrected chi connectivity index (χ1v) is 5.56. The van der Waals surface area contributed by atoms with Gasteiger partial charge in [-0.2, -0.15) is 0 Å². The van der Waals surface area contributed by atoms with Crippen LogP contribution < -0.4 is 0 Å². The summed E-state index contributed by atoms with van der Waals surface area (Å²) in [4.78, 5) is 0. The number of halogens is 3. The summed E-state index contributed by atoms with van der Waals surface area (Å²) in [6, 6.07) is 0. The highest BCUT2D eigenvalue weighted by Crippen LogP contribution is 2.31. The van der Waals surface area contributed by atoms with Crippen LogP contribution in [0.2, 0.25) is 0 Å². The van der Waals surface area contributed by atoms with Crippen molar-refractivity contribution < 1.29 is 4.39 Å². The predicted octanol–water partition coefficient (Wildman–Crippen LogP) is 3.17. The van der Waals surface area contributed by atoms with Crippen LogP contribution >= 0.6 is 34.2 Å². The van der Waals surface area contributed by atoms with Crippen LogP contribution in [0.1, 0.15) is 19.3 Å². The Balaban J connectivity index is 2.42. The number of hydrogen-bond acceptors (Lipinski definition) is 0. The molecule has 0 aliphatic heterocycles. The first kappa shape index (κ1) is 9.04. The van der Waals surface area contributed by atoms with Gasteiger partial charge >= 0.3 is 0 Å². The molecule has 1 saturated carbocycles. The Bertz CT molecular complexity index is 110. The quantitative estimate of drug-likeness (QED) is 0.510. The topological polar surface area (TPSA) is 0 Å². The molecule has 0 saturated heterocycles. The second-order valence-electron chi connectivity index (χ2n) is 2.81. The lowest BCUT2D eigenvalue weighted by Gasteiger charge is -2.27. The third kappa shape index (κ3) is 1.97. The van der Waals surface area contributed by atoms with Gasteiger partial charge < -0.3 is 0 Å². The van der Waals surface area contributed by atoms with Crippen molar-refractivity contribution in [1.29, 1.82) is 0 Å². The van der Waals surface area contributed by atoms with Gasteiger partial charge in [0.05, 0.1) is 5.38 Å². The Morgan fingerprint density at radius 1 is 1.50 bits per heavy atom. The van der Waals surface area contributed by atoms with Crippen LogP contribution in [0.3, 0.4) is 0 Å². The molecule has 0 N–H and O–H groups in total. The smallest absolute Gasteiger partial charge is 0.120 e. The Hall–Kier alpha value is 0.950. The molecule has 60 valence electrons. The molecule has 0 nitrogen and oxygen atoms in total. The molecule has 0 radical (unpaired) electrons. The molecule has 1 fully saturated rings. The normalized spacial score (nSPS) is 41.7. The summed E-state index contributed by atoms with van der Waals surface area (Å²) in [5, 5.41) is -0.214. The third-order valence-corrected chi connectivity index (χ3v) is 3.64. The Morgan fingerprint density at radius 2 is 2.20 bits per heavy atom. The van der Waals surface area contributed by atoms with Crippen molar-refractivity contribution >= 4 is 34.2 Å². The van der Waals surface area contributed by atoms with Gasteiger partial charge in [-0.05, 0) is 12.8 Å². The summed E-state index contributed by atoms with van der Waals surface area (Å²) < 4.78 is 14.0. The Morgan fingerprint density at radius 3 is 2.70 bits per heavy atom. The second-order valence-corrected chi connectivity index (χ2v) is 4.25. The van der Waals surface area contributed by atoms with Crippen LogP contribution in [0.4, 0.5) is 4.39 Å². The second kappa shape index (κ2) is 4.10. The van der Waals surface area contributed by atoms with Gasteiger partial charge in [0, 0.05) is 10.3 Å². The zero-order chi connectivity index (χ0) is 7.56.